The number of anilines is 1. The number of benzene rings is 2. The first kappa shape index (κ1) is 15.9. The summed E-state index contributed by atoms with van der Waals surface area (Å²) in [4.78, 5) is 12.6. The average molecular weight is 354 g/mol. The van der Waals surface area contributed by atoms with Crippen LogP contribution in [0.25, 0.3) is 5.69 Å². The molecule has 25 heavy (non-hydrogen) atoms. The number of fused-ring (bicyclic) bond motifs is 1. The van der Waals surface area contributed by atoms with Gasteiger partial charge in [0.15, 0.2) is 0 Å². The van der Waals surface area contributed by atoms with E-state index in [1.165, 1.54) is 10.9 Å². The maximum atomic E-state index is 12.6. The van der Waals surface area contributed by atoms with Crippen LogP contribution in [0.3, 0.4) is 0 Å². The van der Waals surface area contributed by atoms with Gasteiger partial charge in [-0.1, -0.05) is 54.1 Å². The van der Waals surface area contributed by atoms with E-state index in [-0.39, 0.29) is 11.1 Å². The molecule has 4 rings (SSSR count). The van der Waals surface area contributed by atoms with E-state index in [0.717, 1.165) is 11.1 Å². The second-order valence-corrected chi connectivity index (χ2v) is 6.39. The molecule has 3 aromatic rings. The molecule has 0 fully saturated rings. The highest BCUT2D eigenvalue weighted by Crippen LogP contribution is 2.35. The molecule has 6 heteroatoms. The third kappa shape index (κ3) is 2.81. The van der Waals surface area contributed by atoms with Gasteiger partial charge in [-0.15, -0.1) is 0 Å². The summed E-state index contributed by atoms with van der Waals surface area (Å²) in [6.45, 7) is 0. The van der Waals surface area contributed by atoms with Gasteiger partial charge in [-0.25, -0.2) is 0 Å². The van der Waals surface area contributed by atoms with E-state index < -0.39 is 11.7 Å². The fourth-order valence-corrected chi connectivity index (χ4v) is 3.39. The molecule has 1 heterocycles. The van der Waals surface area contributed by atoms with Gasteiger partial charge in [0.1, 0.15) is 5.02 Å². The van der Waals surface area contributed by atoms with Gasteiger partial charge in [-0.2, -0.15) is 9.78 Å². The van der Waals surface area contributed by atoms with Crippen LogP contribution >= 0.6 is 11.6 Å². The first-order valence-corrected chi connectivity index (χ1v) is 8.38. The minimum Gasteiger partial charge on any atom is -0.390 e. The van der Waals surface area contributed by atoms with Crippen molar-refractivity contribution in [3.63, 3.8) is 0 Å². The fourth-order valence-electron chi connectivity index (χ4n) is 3.20. The van der Waals surface area contributed by atoms with E-state index in [1.54, 1.807) is 12.1 Å². The first-order valence-electron chi connectivity index (χ1n) is 8.01. The van der Waals surface area contributed by atoms with Crippen molar-refractivity contribution < 1.29 is 5.11 Å². The molecular weight excluding hydrogens is 338 g/mol. The van der Waals surface area contributed by atoms with E-state index in [4.69, 9.17) is 11.6 Å². The quantitative estimate of drug-likeness (QED) is 0.759. The van der Waals surface area contributed by atoms with Crippen molar-refractivity contribution in [2.24, 2.45) is 0 Å². The van der Waals surface area contributed by atoms with Crippen molar-refractivity contribution >= 4 is 17.3 Å². The van der Waals surface area contributed by atoms with Crippen molar-refractivity contribution in [1.29, 1.82) is 0 Å². The Hall–Kier alpha value is -2.63. The van der Waals surface area contributed by atoms with Crippen molar-refractivity contribution in [3.8, 4) is 5.69 Å². The highest BCUT2D eigenvalue weighted by atomic mass is 35.5. The van der Waals surface area contributed by atoms with Crippen LogP contribution in [0.1, 0.15) is 17.2 Å². The molecule has 126 valence electrons. The minimum atomic E-state index is -0.579. The van der Waals surface area contributed by atoms with Gasteiger partial charge in [-0.05, 0) is 23.3 Å². The Bertz CT molecular complexity index is 972. The maximum absolute atomic E-state index is 12.6. The number of aromatic nitrogens is 2. The number of nitrogens with zero attached hydrogens (tertiary/aromatic N) is 2. The Morgan fingerprint density at radius 3 is 2.64 bits per heavy atom. The predicted octanol–water partition coefficient (Wildman–Crippen LogP) is 2.96. The summed E-state index contributed by atoms with van der Waals surface area (Å²) in [6, 6.07) is 16.6. The standard InChI is InChI=1S/C19H16ClN3O2/c20-17-15(11-21-23(19(17)25)13-7-2-1-3-8-13)22-18-14-9-5-4-6-12(14)10-16(18)24/h1-9,11,16,18,22,24H,10H2/t16-,18+/m1/s1. The number of para-hydroxylation sites is 1. The van der Waals surface area contributed by atoms with Crippen LogP contribution < -0.4 is 10.9 Å². The lowest BCUT2D eigenvalue weighted by Crippen LogP contribution is -2.26. The number of nitrogens with one attached hydrogen (secondary N) is 1. The monoisotopic (exact) mass is 353 g/mol. The lowest BCUT2D eigenvalue weighted by atomic mass is 10.1. The highest BCUT2D eigenvalue weighted by Gasteiger charge is 2.31. The zero-order valence-corrected chi connectivity index (χ0v) is 14.0. The van der Waals surface area contributed by atoms with Crippen LogP contribution in [0, 0.1) is 0 Å². The molecular formula is C19H16ClN3O2. The molecule has 1 aliphatic carbocycles. The molecule has 5 nitrogen and oxygen atoms in total. The lowest BCUT2D eigenvalue weighted by molar-refractivity contribution is 0.166. The van der Waals surface area contributed by atoms with Crippen LogP contribution in [-0.2, 0) is 6.42 Å². The second kappa shape index (κ2) is 6.35. The van der Waals surface area contributed by atoms with E-state index in [9.17, 15) is 9.90 Å². The fraction of sp³-hybridized carbons (Fsp3) is 0.158. The van der Waals surface area contributed by atoms with Crippen molar-refractivity contribution in [2.45, 2.75) is 18.6 Å². The van der Waals surface area contributed by atoms with Gasteiger partial charge in [0.05, 0.1) is 29.7 Å². The van der Waals surface area contributed by atoms with Crippen molar-refractivity contribution in [3.05, 3.63) is 87.3 Å². The largest absolute Gasteiger partial charge is 0.390 e. The summed E-state index contributed by atoms with van der Waals surface area (Å²) >= 11 is 6.28. The Labute approximate surface area is 149 Å². The maximum Gasteiger partial charge on any atom is 0.292 e. The molecule has 0 bridgehead atoms. The summed E-state index contributed by atoms with van der Waals surface area (Å²) in [6.07, 6.45) is 1.51. The molecule has 0 radical (unpaired) electrons. The molecule has 0 spiro atoms. The molecule has 2 aromatic carbocycles. The molecule has 0 aliphatic heterocycles. The van der Waals surface area contributed by atoms with Gasteiger partial charge in [-0.3, -0.25) is 4.79 Å². The van der Waals surface area contributed by atoms with Crippen LogP contribution in [-0.4, -0.2) is 21.0 Å². The molecule has 2 atom stereocenters. The van der Waals surface area contributed by atoms with E-state index in [2.05, 4.69) is 10.4 Å². The van der Waals surface area contributed by atoms with Crippen molar-refractivity contribution in [1.82, 2.24) is 9.78 Å². The third-order valence-corrected chi connectivity index (χ3v) is 4.80. The number of hydrogen-bond acceptors (Lipinski definition) is 4. The number of hydrogen-bond donors (Lipinski definition) is 2. The van der Waals surface area contributed by atoms with Crippen LogP contribution in [0.15, 0.2) is 65.6 Å². The smallest absolute Gasteiger partial charge is 0.292 e. The van der Waals surface area contributed by atoms with Crippen LogP contribution in [0.2, 0.25) is 5.02 Å². The molecule has 0 amide bonds. The third-order valence-electron chi connectivity index (χ3n) is 4.43. The van der Waals surface area contributed by atoms with Crippen LogP contribution in [0.4, 0.5) is 5.69 Å². The zero-order valence-electron chi connectivity index (χ0n) is 13.3. The minimum absolute atomic E-state index is 0.0513. The van der Waals surface area contributed by atoms with Gasteiger partial charge < -0.3 is 10.4 Å². The molecule has 0 saturated carbocycles. The average Bonchev–Trinajstić information content (AvgIpc) is 2.95. The molecule has 0 unspecified atom stereocenters. The van der Waals surface area contributed by atoms with E-state index >= 15 is 0 Å². The van der Waals surface area contributed by atoms with E-state index in [0.29, 0.717) is 17.8 Å². The lowest BCUT2D eigenvalue weighted by Gasteiger charge is -2.20. The number of aliphatic hydroxyl groups excluding tert-OH is 1. The topological polar surface area (TPSA) is 67.2 Å². The Morgan fingerprint density at radius 1 is 1.12 bits per heavy atom. The van der Waals surface area contributed by atoms with Gasteiger partial charge in [0, 0.05) is 6.42 Å². The van der Waals surface area contributed by atoms with Gasteiger partial charge in [0.2, 0.25) is 0 Å². The van der Waals surface area contributed by atoms with Crippen molar-refractivity contribution in [2.75, 3.05) is 5.32 Å². The summed E-state index contributed by atoms with van der Waals surface area (Å²) < 4.78 is 1.26. The molecule has 1 aliphatic rings. The summed E-state index contributed by atoms with van der Waals surface area (Å²) in [5.41, 5.74) is 2.76. The first-order chi connectivity index (χ1) is 12.1. The Kier molecular flexibility index (Phi) is 4.03. The molecule has 2 N–H and O–H groups in total. The number of halogens is 1. The zero-order chi connectivity index (χ0) is 17.4. The molecule has 0 saturated heterocycles. The number of aliphatic hydroxyl groups is 1. The summed E-state index contributed by atoms with van der Waals surface area (Å²) in [7, 11) is 0. The summed E-state index contributed by atoms with van der Waals surface area (Å²) in [5.74, 6) is 0. The number of rotatable bonds is 3. The summed E-state index contributed by atoms with van der Waals surface area (Å²) in [5, 5.41) is 17.8. The van der Waals surface area contributed by atoms with Gasteiger partial charge in [0.25, 0.3) is 5.56 Å². The SMILES string of the molecule is O=c1c(Cl)c(N[C@H]2c3ccccc3C[C@H]2O)cnn1-c1ccccc1. The highest BCUT2D eigenvalue weighted by molar-refractivity contribution is 6.33. The van der Waals surface area contributed by atoms with E-state index in [1.807, 2.05) is 42.5 Å². The predicted molar refractivity (Wildman–Crippen MR) is 97.4 cm³/mol. The van der Waals surface area contributed by atoms with Crippen LogP contribution in [0.5, 0.6) is 0 Å². The Morgan fingerprint density at radius 2 is 1.84 bits per heavy atom. The Balaban J connectivity index is 1.69. The van der Waals surface area contributed by atoms with Gasteiger partial charge >= 0.3 is 0 Å². The second-order valence-electron chi connectivity index (χ2n) is 6.02. The normalized spacial score (nSPS) is 18.8. The molecule has 1 aromatic heterocycles.